The summed E-state index contributed by atoms with van der Waals surface area (Å²) < 4.78 is 46.1. The number of hydrogen-bond donors (Lipinski definition) is 2. The number of anilines is 1. The molecule has 0 radical (unpaired) electrons. The zero-order chi connectivity index (χ0) is 17.0. The van der Waals surface area contributed by atoms with Crippen molar-refractivity contribution in [2.24, 2.45) is 0 Å². The Labute approximate surface area is 134 Å². The molecule has 0 amide bonds. The summed E-state index contributed by atoms with van der Waals surface area (Å²) in [7, 11) is -3.84. The van der Waals surface area contributed by atoms with Crippen LogP contribution < -0.4 is 9.46 Å². The number of aliphatic hydroxyl groups is 1. The summed E-state index contributed by atoms with van der Waals surface area (Å²) in [5, 5.41) is 8.81. The van der Waals surface area contributed by atoms with Gasteiger partial charge in [-0.15, -0.1) is 0 Å². The maximum Gasteiger partial charge on any atom is 0.262 e. The van der Waals surface area contributed by atoms with Crippen LogP contribution >= 0.6 is 0 Å². The Bertz CT molecular complexity index is 806. The molecule has 2 aromatic rings. The molecule has 0 unspecified atom stereocenters. The number of sulfonamides is 1. The van der Waals surface area contributed by atoms with E-state index in [0.29, 0.717) is 5.56 Å². The lowest BCUT2D eigenvalue weighted by Crippen LogP contribution is -2.16. The van der Waals surface area contributed by atoms with Gasteiger partial charge in [0.15, 0.2) is 0 Å². The van der Waals surface area contributed by atoms with E-state index < -0.39 is 15.8 Å². The van der Waals surface area contributed by atoms with Gasteiger partial charge in [-0.05, 0) is 43.2 Å². The first-order chi connectivity index (χ1) is 10.8. The highest BCUT2D eigenvalue weighted by Gasteiger charge is 2.19. The highest BCUT2D eigenvalue weighted by molar-refractivity contribution is 7.92. The van der Waals surface area contributed by atoms with Crippen molar-refractivity contribution >= 4 is 15.7 Å². The van der Waals surface area contributed by atoms with E-state index in [4.69, 9.17) is 9.84 Å². The third-order valence-electron chi connectivity index (χ3n) is 3.17. The molecular formula is C16H18FNO4S. The molecule has 5 nitrogen and oxygen atoms in total. The van der Waals surface area contributed by atoms with E-state index in [0.717, 1.165) is 17.7 Å². The average Bonchev–Trinajstić information content (AvgIpc) is 2.49. The minimum Gasteiger partial charge on any atom is -0.489 e. The van der Waals surface area contributed by atoms with E-state index in [2.05, 4.69) is 4.72 Å². The largest absolute Gasteiger partial charge is 0.489 e. The van der Waals surface area contributed by atoms with Gasteiger partial charge in [0.2, 0.25) is 0 Å². The second-order valence-electron chi connectivity index (χ2n) is 5.09. The minimum atomic E-state index is -3.84. The van der Waals surface area contributed by atoms with Gasteiger partial charge < -0.3 is 9.84 Å². The SMILES string of the molecule is Cc1ccc(C)c(S(=O)(=O)Nc2ccc(F)cc2OCCO)c1. The van der Waals surface area contributed by atoms with Crippen molar-refractivity contribution in [3.63, 3.8) is 0 Å². The average molecular weight is 339 g/mol. The fraction of sp³-hybridized carbons (Fsp3) is 0.250. The molecule has 0 fully saturated rings. The van der Waals surface area contributed by atoms with Crippen LogP contribution in [0.3, 0.4) is 0 Å². The maximum atomic E-state index is 13.3. The first-order valence-corrected chi connectivity index (χ1v) is 8.45. The molecule has 0 bridgehead atoms. The molecule has 0 aliphatic heterocycles. The van der Waals surface area contributed by atoms with Crippen molar-refractivity contribution in [1.29, 1.82) is 0 Å². The first kappa shape index (κ1) is 17.2. The highest BCUT2D eigenvalue weighted by Crippen LogP contribution is 2.29. The fourth-order valence-electron chi connectivity index (χ4n) is 2.05. The van der Waals surface area contributed by atoms with Gasteiger partial charge in [0, 0.05) is 6.07 Å². The molecule has 7 heteroatoms. The van der Waals surface area contributed by atoms with Crippen LogP contribution in [-0.4, -0.2) is 26.7 Å². The lowest BCUT2D eigenvalue weighted by Gasteiger charge is -2.15. The molecule has 124 valence electrons. The number of benzene rings is 2. The highest BCUT2D eigenvalue weighted by atomic mass is 32.2. The summed E-state index contributed by atoms with van der Waals surface area (Å²) in [5.74, 6) is -0.541. The third kappa shape index (κ3) is 4.20. The van der Waals surface area contributed by atoms with E-state index >= 15 is 0 Å². The zero-order valence-electron chi connectivity index (χ0n) is 12.8. The van der Waals surface area contributed by atoms with Crippen LogP contribution in [0.4, 0.5) is 10.1 Å². The van der Waals surface area contributed by atoms with Gasteiger partial charge in [0.1, 0.15) is 18.2 Å². The van der Waals surface area contributed by atoms with E-state index in [1.165, 1.54) is 6.07 Å². The Hall–Kier alpha value is -2.12. The van der Waals surface area contributed by atoms with Crippen LogP contribution in [0.15, 0.2) is 41.3 Å². The smallest absolute Gasteiger partial charge is 0.262 e. The topological polar surface area (TPSA) is 75.6 Å². The molecule has 2 N–H and O–H groups in total. The van der Waals surface area contributed by atoms with Crippen LogP contribution in [-0.2, 0) is 10.0 Å². The third-order valence-corrected chi connectivity index (χ3v) is 4.68. The molecule has 0 atom stereocenters. The van der Waals surface area contributed by atoms with E-state index in [-0.39, 0.29) is 29.5 Å². The van der Waals surface area contributed by atoms with Crippen LogP contribution in [0.1, 0.15) is 11.1 Å². The summed E-state index contributed by atoms with van der Waals surface area (Å²) in [6.07, 6.45) is 0. The van der Waals surface area contributed by atoms with Gasteiger partial charge in [0.05, 0.1) is 17.2 Å². The maximum absolute atomic E-state index is 13.3. The normalized spacial score (nSPS) is 11.3. The van der Waals surface area contributed by atoms with Crippen molar-refractivity contribution in [1.82, 2.24) is 0 Å². The lowest BCUT2D eigenvalue weighted by atomic mass is 10.2. The number of aryl methyl sites for hydroxylation is 2. The van der Waals surface area contributed by atoms with Gasteiger partial charge in [-0.2, -0.15) is 0 Å². The summed E-state index contributed by atoms with van der Waals surface area (Å²) in [6, 6.07) is 8.59. The predicted octanol–water partition coefficient (Wildman–Crippen LogP) is 2.61. The molecular weight excluding hydrogens is 321 g/mol. The summed E-state index contributed by atoms with van der Waals surface area (Å²) in [6.45, 7) is 3.16. The molecule has 0 aliphatic carbocycles. The Kier molecular flexibility index (Phi) is 5.23. The van der Waals surface area contributed by atoms with Gasteiger partial charge in [-0.25, -0.2) is 12.8 Å². The predicted molar refractivity (Wildman–Crippen MR) is 85.7 cm³/mol. The summed E-state index contributed by atoms with van der Waals surface area (Å²) >= 11 is 0. The summed E-state index contributed by atoms with van der Waals surface area (Å²) in [5.41, 5.74) is 1.52. The number of rotatable bonds is 6. The minimum absolute atomic E-state index is 0.0212. The second-order valence-corrected chi connectivity index (χ2v) is 6.74. The molecule has 0 aromatic heterocycles. The fourth-order valence-corrected chi connectivity index (χ4v) is 3.45. The van der Waals surface area contributed by atoms with Crippen molar-refractivity contribution in [3.8, 4) is 5.75 Å². The Morgan fingerprint density at radius 1 is 1.17 bits per heavy atom. The molecule has 2 aromatic carbocycles. The quantitative estimate of drug-likeness (QED) is 0.848. The lowest BCUT2D eigenvalue weighted by molar-refractivity contribution is 0.201. The van der Waals surface area contributed by atoms with E-state index in [1.807, 2.05) is 6.07 Å². The number of aliphatic hydroxyl groups excluding tert-OH is 1. The Morgan fingerprint density at radius 3 is 2.61 bits per heavy atom. The van der Waals surface area contributed by atoms with Crippen molar-refractivity contribution < 1.29 is 22.7 Å². The number of hydrogen-bond acceptors (Lipinski definition) is 4. The second kappa shape index (κ2) is 6.97. The van der Waals surface area contributed by atoms with Crippen molar-refractivity contribution in [2.75, 3.05) is 17.9 Å². The van der Waals surface area contributed by atoms with E-state index in [1.54, 1.807) is 26.0 Å². The molecule has 0 saturated carbocycles. The molecule has 2 rings (SSSR count). The van der Waals surface area contributed by atoms with Crippen LogP contribution in [0, 0.1) is 19.7 Å². The molecule has 0 heterocycles. The van der Waals surface area contributed by atoms with Crippen molar-refractivity contribution in [2.45, 2.75) is 18.7 Å². The van der Waals surface area contributed by atoms with Gasteiger partial charge in [0.25, 0.3) is 10.0 Å². The van der Waals surface area contributed by atoms with Gasteiger partial charge in [-0.3, -0.25) is 4.72 Å². The van der Waals surface area contributed by atoms with Crippen LogP contribution in [0.25, 0.3) is 0 Å². The van der Waals surface area contributed by atoms with Crippen molar-refractivity contribution in [3.05, 3.63) is 53.3 Å². The standard InChI is InChI=1S/C16H18FNO4S/c1-11-3-4-12(2)16(9-11)23(20,21)18-14-6-5-13(17)10-15(14)22-8-7-19/h3-6,9-10,18-19H,7-8H2,1-2H3. The van der Waals surface area contributed by atoms with Crippen LogP contribution in [0.5, 0.6) is 5.75 Å². The Balaban J connectivity index is 2.39. The molecule has 0 saturated heterocycles. The zero-order valence-corrected chi connectivity index (χ0v) is 13.7. The number of halogens is 1. The molecule has 0 aliphatic rings. The van der Waals surface area contributed by atoms with Crippen LogP contribution in [0.2, 0.25) is 0 Å². The molecule has 23 heavy (non-hydrogen) atoms. The number of ether oxygens (including phenoxy) is 1. The van der Waals surface area contributed by atoms with Gasteiger partial charge >= 0.3 is 0 Å². The first-order valence-electron chi connectivity index (χ1n) is 6.97. The van der Waals surface area contributed by atoms with Gasteiger partial charge in [-0.1, -0.05) is 12.1 Å². The Morgan fingerprint density at radius 2 is 1.91 bits per heavy atom. The van der Waals surface area contributed by atoms with E-state index in [9.17, 15) is 12.8 Å². The monoisotopic (exact) mass is 339 g/mol. The molecule has 0 spiro atoms. The summed E-state index contributed by atoms with van der Waals surface area (Å²) in [4.78, 5) is 0.148. The number of nitrogens with one attached hydrogen (secondary N) is 1.